The van der Waals surface area contributed by atoms with Crippen molar-refractivity contribution in [1.29, 1.82) is 0 Å². The second-order valence-corrected chi connectivity index (χ2v) is 5.81. The molecule has 0 radical (unpaired) electrons. The summed E-state index contributed by atoms with van der Waals surface area (Å²) in [4.78, 5) is 15.8. The van der Waals surface area contributed by atoms with E-state index < -0.39 is 0 Å². The van der Waals surface area contributed by atoms with Crippen LogP contribution in [0.2, 0.25) is 0 Å². The lowest BCUT2D eigenvalue weighted by Gasteiger charge is -2.28. The smallest absolute Gasteiger partial charge is 0.131 e. The topological polar surface area (TPSA) is 46.8 Å². The van der Waals surface area contributed by atoms with Crippen LogP contribution in [0.15, 0.2) is 18.7 Å². The summed E-state index contributed by atoms with van der Waals surface area (Å²) in [5.74, 6) is 1.36. The number of hydrogen-bond donors (Lipinski definition) is 0. The van der Waals surface area contributed by atoms with Crippen molar-refractivity contribution < 1.29 is 0 Å². The fraction of sp³-hybridized carbons (Fsp3) is 0.533. The van der Waals surface area contributed by atoms with Crippen LogP contribution in [0.25, 0.3) is 0 Å². The molecular weight excluding hydrogens is 250 g/mol. The first-order chi connectivity index (χ1) is 9.63. The van der Waals surface area contributed by atoms with Crippen molar-refractivity contribution in [3.05, 3.63) is 41.5 Å². The molecule has 106 valence electrons. The zero-order valence-corrected chi connectivity index (χ0v) is 12.4. The maximum absolute atomic E-state index is 4.71. The summed E-state index contributed by atoms with van der Waals surface area (Å²) in [6.07, 6.45) is 6.81. The van der Waals surface area contributed by atoms with E-state index in [1.165, 1.54) is 17.0 Å². The van der Waals surface area contributed by atoms with Crippen LogP contribution in [0.3, 0.4) is 0 Å². The van der Waals surface area contributed by atoms with Crippen LogP contribution < -0.4 is 0 Å². The molecule has 0 amide bonds. The van der Waals surface area contributed by atoms with Crippen LogP contribution in [0.5, 0.6) is 0 Å². The largest absolute Gasteiger partial charge is 0.337 e. The Labute approximate surface area is 119 Å². The molecule has 0 aromatic carbocycles. The number of hydrogen-bond acceptors (Lipinski definition) is 4. The number of fused-ring (bicyclic) bond motifs is 1. The molecule has 1 aliphatic rings. The summed E-state index contributed by atoms with van der Waals surface area (Å²) < 4.78 is 2.08. The molecular formula is C15H21N5. The van der Waals surface area contributed by atoms with Gasteiger partial charge < -0.3 is 4.57 Å². The van der Waals surface area contributed by atoms with E-state index in [2.05, 4.69) is 33.3 Å². The Balaban J connectivity index is 1.74. The van der Waals surface area contributed by atoms with Gasteiger partial charge in [-0.15, -0.1) is 0 Å². The van der Waals surface area contributed by atoms with Gasteiger partial charge in [0, 0.05) is 62.7 Å². The first kappa shape index (κ1) is 13.2. The number of imidazole rings is 1. The molecule has 0 aliphatic carbocycles. The molecule has 5 nitrogen and oxygen atoms in total. The molecule has 0 bridgehead atoms. The Morgan fingerprint density at radius 2 is 2.15 bits per heavy atom. The third kappa shape index (κ3) is 2.58. The summed E-state index contributed by atoms with van der Waals surface area (Å²) in [6, 6.07) is 0. The summed E-state index contributed by atoms with van der Waals surface area (Å²) in [6.45, 7) is 7.19. The highest BCUT2D eigenvalue weighted by molar-refractivity contribution is 5.21. The molecule has 0 atom stereocenters. The van der Waals surface area contributed by atoms with Gasteiger partial charge in [-0.25, -0.2) is 15.0 Å². The van der Waals surface area contributed by atoms with E-state index in [1.54, 1.807) is 0 Å². The Bertz CT molecular complexity index is 602. The van der Waals surface area contributed by atoms with Gasteiger partial charge in [-0.3, -0.25) is 4.90 Å². The van der Waals surface area contributed by atoms with Gasteiger partial charge in [0.25, 0.3) is 0 Å². The predicted octanol–water partition coefficient (Wildman–Crippen LogP) is 1.89. The van der Waals surface area contributed by atoms with Crippen LogP contribution >= 0.6 is 0 Å². The lowest BCUT2D eigenvalue weighted by Crippen LogP contribution is -2.31. The molecule has 0 fully saturated rings. The van der Waals surface area contributed by atoms with E-state index in [1.807, 2.05) is 25.8 Å². The van der Waals surface area contributed by atoms with E-state index in [0.29, 0.717) is 5.92 Å². The number of nitrogens with zero attached hydrogens (tertiary/aromatic N) is 5. The van der Waals surface area contributed by atoms with Crippen LogP contribution in [-0.2, 0) is 26.6 Å². The van der Waals surface area contributed by atoms with E-state index in [4.69, 9.17) is 4.98 Å². The highest BCUT2D eigenvalue weighted by Gasteiger charge is 2.19. The second-order valence-electron chi connectivity index (χ2n) is 5.81. The first-order valence-corrected chi connectivity index (χ1v) is 7.15. The fourth-order valence-electron chi connectivity index (χ4n) is 2.57. The van der Waals surface area contributed by atoms with Crippen molar-refractivity contribution in [2.24, 2.45) is 7.05 Å². The molecule has 5 heteroatoms. The van der Waals surface area contributed by atoms with Crippen molar-refractivity contribution in [3.8, 4) is 0 Å². The van der Waals surface area contributed by atoms with Crippen molar-refractivity contribution in [2.75, 3.05) is 6.54 Å². The van der Waals surface area contributed by atoms with E-state index in [0.717, 1.165) is 31.9 Å². The third-order valence-corrected chi connectivity index (χ3v) is 3.85. The maximum atomic E-state index is 4.71. The van der Waals surface area contributed by atoms with Crippen molar-refractivity contribution in [1.82, 2.24) is 24.4 Å². The van der Waals surface area contributed by atoms with Crippen LogP contribution in [0, 0.1) is 0 Å². The summed E-state index contributed by atoms with van der Waals surface area (Å²) in [7, 11) is 2.04. The molecule has 0 saturated heterocycles. The van der Waals surface area contributed by atoms with Crippen LogP contribution in [0.1, 0.15) is 42.5 Å². The van der Waals surface area contributed by atoms with E-state index in [9.17, 15) is 0 Å². The average Bonchev–Trinajstić information content (AvgIpc) is 2.83. The fourth-order valence-corrected chi connectivity index (χ4v) is 2.57. The Kier molecular flexibility index (Phi) is 3.53. The molecule has 2 aromatic rings. The van der Waals surface area contributed by atoms with E-state index in [-0.39, 0.29) is 0 Å². The maximum Gasteiger partial charge on any atom is 0.131 e. The standard InChI is InChI=1S/C15H21N5/c1-11(2)15-17-6-12-8-20(5-4-14(12)18-15)9-13-7-16-10-19(13)3/h6-7,10-11H,4-5,8-9H2,1-3H3. The average molecular weight is 271 g/mol. The van der Waals surface area contributed by atoms with Gasteiger partial charge >= 0.3 is 0 Å². The highest BCUT2D eigenvalue weighted by atomic mass is 15.2. The SMILES string of the molecule is CC(C)c1ncc2c(n1)CCN(Cc1cncn1C)C2. The third-order valence-electron chi connectivity index (χ3n) is 3.85. The molecule has 1 aliphatic heterocycles. The van der Waals surface area contributed by atoms with Gasteiger partial charge in [0.05, 0.1) is 12.0 Å². The molecule has 20 heavy (non-hydrogen) atoms. The molecule has 0 unspecified atom stereocenters. The number of aryl methyl sites for hydroxylation is 1. The quantitative estimate of drug-likeness (QED) is 0.855. The lowest BCUT2D eigenvalue weighted by atomic mass is 10.1. The first-order valence-electron chi connectivity index (χ1n) is 7.15. The van der Waals surface area contributed by atoms with Crippen molar-refractivity contribution in [2.45, 2.75) is 39.3 Å². The molecule has 0 saturated carbocycles. The predicted molar refractivity (Wildman–Crippen MR) is 77.1 cm³/mol. The highest BCUT2D eigenvalue weighted by Crippen LogP contribution is 2.20. The van der Waals surface area contributed by atoms with E-state index >= 15 is 0 Å². The van der Waals surface area contributed by atoms with Gasteiger partial charge in [-0.1, -0.05) is 13.8 Å². The second kappa shape index (κ2) is 5.32. The minimum absolute atomic E-state index is 0.396. The normalized spacial score (nSPS) is 15.6. The summed E-state index contributed by atoms with van der Waals surface area (Å²) in [5, 5.41) is 0. The zero-order chi connectivity index (χ0) is 14.1. The molecule has 2 aromatic heterocycles. The van der Waals surface area contributed by atoms with Gasteiger partial charge in [0.2, 0.25) is 0 Å². The monoisotopic (exact) mass is 271 g/mol. The van der Waals surface area contributed by atoms with Gasteiger partial charge in [-0.2, -0.15) is 0 Å². The Hall–Kier alpha value is -1.75. The van der Waals surface area contributed by atoms with Gasteiger partial charge in [-0.05, 0) is 0 Å². The Morgan fingerprint density at radius 3 is 2.85 bits per heavy atom. The molecule has 0 spiro atoms. The molecule has 3 heterocycles. The number of rotatable bonds is 3. The summed E-state index contributed by atoms with van der Waals surface area (Å²) >= 11 is 0. The zero-order valence-electron chi connectivity index (χ0n) is 12.4. The van der Waals surface area contributed by atoms with Crippen LogP contribution in [-0.4, -0.2) is 31.0 Å². The molecule has 3 rings (SSSR count). The minimum Gasteiger partial charge on any atom is -0.337 e. The van der Waals surface area contributed by atoms with Gasteiger partial charge in [0.15, 0.2) is 0 Å². The Morgan fingerprint density at radius 1 is 1.30 bits per heavy atom. The lowest BCUT2D eigenvalue weighted by molar-refractivity contribution is 0.237. The van der Waals surface area contributed by atoms with Gasteiger partial charge in [0.1, 0.15) is 5.82 Å². The molecule has 0 N–H and O–H groups in total. The minimum atomic E-state index is 0.396. The number of aromatic nitrogens is 4. The van der Waals surface area contributed by atoms with Crippen molar-refractivity contribution >= 4 is 0 Å². The van der Waals surface area contributed by atoms with Crippen molar-refractivity contribution in [3.63, 3.8) is 0 Å². The summed E-state index contributed by atoms with van der Waals surface area (Å²) in [5.41, 5.74) is 3.74. The van der Waals surface area contributed by atoms with Crippen LogP contribution in [0.4, 0.5) is 0 Å².